The molecule has 1 saturated heterocycles. The fraction of sp³-hybridized carbons (Fsp3) is 1.00. The van der Waals surface area contributed by atoms with Crippen LogP contribution in [0, 0.1) is 5.92 Å². The summed E-state index contributed by atoms with van der Waals surface area (Å²) in [5.41, 5.74) is 0.466. The Bertz CT molecular complexity index is 301. The molecule has 0 aromatic heterocycles. The van der Waals surface area contributed by atoms with Crippen LogP contribution in [0.25, 0.3) is 0 Å². The highest BCUT2D eigenvalue weighted by molar-refractivity contribution is 5.02. The second-order valence-corrected chi connectivity index (χ2v) is 7.95. The topological polar surface area (TPSA) is 15.3 Å². The number of nitrogens with one attached hydrogen (secondary N) is 1. The largest absolute Gasteiger partial charge is 0.308 e. The number of hydrogen-bond acceptors (Lipinski definition) is 2. The van der Waals surface area contributed by atoms with Gasteiger partial charge in [0.25, 0.3) is 0 Å². The maximum atomic E-state index is 4.03. The quantitative estimate of drug-likeness (QED) is 0.822. The van der Waals surface area contributed by atoms with Gasteiger partial charge in [0.2, 0.25) is 0 Å². The van der Waals surface area contributed by atoms with Crippen molar-refractivity contribution in [2.45, 2.75) is 95.7 Å². The average molecular weight is 278 g/mol. The van der Waals surface area contributed by atoms with E-state index in [4.69, 9.17) is 0 Å². The van der Waals surface area contributed by atoms with Gasteiger partial charge in [-0.25, -0.2) is 0 Å². The fourth-order valence-corrected chi connectivity index (χ4v) is 5.05. The van der Waals surface area contributed by atoms with Gasteiger partial charge in [-0.2, -0.15) is 0 Å². The van der Waals surface area contributed by atoms with E-state index in [1.54, 1.807) is 0 Å². The maximum Gasteiger partial charge on any atom is 0.0309 e. The summed E-state index contributed by atoms with van der Waals surface area (Å²) in [4.78, 5) is 2.87. The lowest BCUT2D eigenvalue weighted by Gasteiger charge is -2.53. The Morgan fingerprint density at radius 3 is 2.25 bits per heavy atom. The minimum atomic E-state index is 0.466. The Labute approximate surface area is 125 Å². The zero-order valence-electron chi connectivity index (χ0n) is 13.7. The first-order chi connectivity index (χ1) is 9.70. The van der Waals surface area contributed by atoms with Crippen LogP contribution >= 0.6 is 0 Å². The number of nitrogens with zero attached hydrogens (tertiary/aromatic N) is 1. The van der Waals surface area contributed by atoms with E-state index in [1.807, 2.05) is 0 Å². The molecule has 2 saturated carbocycles. The lowest BCUT2D eigenvalue weighted by atomic mass is 9.76. The number of hydrogen-bond donors (Lipinski definition) is 1. The van der Waals surface area contributed by atoms with Crippen molar-refractivity contribution < 1.29 is 0 Å². The Morgan fingerprint density at radius 1 is 0.950 bits per heavy atom. The van der Waals surface area contributed by atoms with Crippen molar-refractivity contribution >= 4 is 0 Å². The van der Waals surface area contributed by atoms with Crippen LogP contribution in [0.4, 0.5) is 0 Å². The van der Waals surface area contributed by atoms with Gasteiger partial charge in [0.15, 0.2) is 0 Å². The van der Waals surface area contributed by atoms with Crippen LogP contribution in [0.2, 0.25) is 0 Å². The molecule has 1 aliphatic heterocycles. The van der Waals surface area contributed by atoms with Crippen molar-refractivity contribution in [2.75, 3.05) is 13.1 Å². The van der Waals surface area contributed by atoms with Gasteiger partial charge in [-0.05, 0) is 45.4 Å². The van der Waals surface area contributed by atoms with Crippen molar-refractivity contribution in [1.82, 2.24) is 10.2 Å². The second-order valence-electron chi connectivity index (χ2n) is 7.95. The van der Waals surface area contributed by atoms with E-state index in [0.29, 0.717) is 11.6 Å². The lowest BCUT2D eigenvalue weighted by Crippen LogP contribution is -2.67. The summed E-state index contributed by atoms with van der Waals surface area (Å²) in [6.07, 6.45) is 14.5. The van der Waals surface area contributed by atoms with Gasteiger partial charge in [-0.3, -0.25) is 4.90 Å². The first-order valence-corrected chi connectivity index (χ1v) is 9.21. The molecule has 1 heterocycles. The molecule has 2 heteroatoms. The van der Waals surface area contributed by atoms with Gasteiger partial charge in [-0.1, -0.05) is 38.5 Å². The highest BCUT2D eigenvalue weighted by Gasteiger charge is 2.42. The highest BCUT2D eigenvalue weighted by Crippen LogP contribution is 2.37. The van der Waals surface area contributed by atoms with E-state index >= 15 is 0 Å². The van der Waals surface area contributed by atoms with Crippen molar-refractivity contribution in [3.63, 3.8) is 0 Å². The van der Waals surface area contributed by atoms with Crippen LogP contribution in [0.3, 0.4) is 0 Å². The van der Waals surface area contributed by atoms with Crippen LogP contribution in [0.15, 0.2) is 0 Å². The Hall–Kier alpha value is -0.0800. The molecule has 1 unspecified atom stereocenters. The molecule has 2 aliphatic carbocycles. The van der Waals surface area contributed by atoms with Crippen LogP contribution in [0.1, 0.15) is 78.1 Å². The van der Waals surface area contributed by atoms with Crippen LogP contribution in [-0.2, 0) is 0 Å². The van der Waals surface area contributed by atoms with E-state index in [2.05, 4.69) is 24.1 Å². The van der Waals surface area contributed by atoms with Gasteiger partial charge in [0.05, 0.1) is 0 Å². The minimum Gasteiger partial charge on any atom is -0.308 e. The van der Waals surface area contributed by atoms with E-state index in [0.717, 1.165) is 12.0 Å². The predicted octanol–water partition coefficient (Wildman–Crippen LogP) is 3.95. The van der Waals surface area contributed by atoms with E-state index in [-0.39, 0.29) is 0 Å². The third-order valence-corrected chi connectivity index (χ3v) is 6.27. The van der Waals surface area contributed by atoms with Crippen molar-refractivity contribution in [3.8, 4) is 0 Å². The third kappa shape index (κ3) is 3.06. The molecule has 20 heavy (non-hydrogen) atoms. The van der Waals surface area contributed by atoms with Crippen molar-refractivity contribution in [1.29, 1.82) is 0 Å². The average Bonchev–Trinajstić information content (AvgIpc) is 2.49. The third-order valence-electron chi connectivity index (χ3n) is 6.27. The Morgan fingerprint density at radius 2 is 1.60 bits per heavy atom. The molecule has 1 atom stereocenters. The molecule has 0 bridgehead atoms. The van der Waals surface area contributed by atoms with Gasteiger partial charge >= 0.3 is 0 Å². The summed E-state index contributed by atoms with van der Waals surface area (Å²) in [7, 11) is 0. The smallest absolute Gasteiger partial charge is 0.0309 e. The highest BCUT2D eigenvalue weighted by atomic mass is 15.3. The molecular formula is C18H34N2. The molecule has 0 amide bonds. The van der Waals surface area contributed by atoms with Gasteiger partial charge < -0.3 is 5.32 Å². The van der Waals surface area contributed by atoms with Gasteiger partial charge in [0, 0.05) is 30.7 Å². The first kappa shape index (κ1) is 14.8. The Kier molecular flexibility index (Phi) is 4.72. The fourth-order valence-electron chi connectivity index (χ4n) is 5.05. The Balaban J connectivity index is 1.69. The molecule has 0 aromatic rings. The summed E-state index contributed by atoms with van der Waals surface area (Å²) in [6.45, 7) is 7.39. The van der Waals surface area contributed by atoms with E-state index in [1.165, 1.54) is 77.3 Å². The van der Waals surface area contributed by atoms with Crippen molar-refractivity contribution in [2.24, 2.45) is 5.92 Å². The van der Waals surface area contributed by atoms with Crippen LogP contribution in [0.5, 0.6) is 0 Å². The summed E-state index contributed by atoms with van der Waals surface area (Å²) >= 11 is 0. The monoisotopic (exact) mass is 278 g/mol. The summed E-state index contributed by atoms with van der Waals surface area (Å²) < 4.78 is 0. The van der Waals surface area contributed by atoms with Crippen molar-refractivity contribution in [3.05, 3.63) is 0 Å². The maximum absolute atomic E-state index is 4.03. The molecule has 0 radical (unpaired) electrons. The minimum absolute atomic E-state index is 0.466. The zero-order valence-corrected chi connectivity index (χ0v) is 13.7. The summed E-state index contributed by atoms with van der Waals surface area (Å²) in [5, 5.41) is 4.03. The van der Waals surface area contributed by atoms with Crippen LogP contribution in [-0.4, -0.2) is 35.6 Å². The molecule has 2 nitrogen and oxygen atoms in total. The molecule has 1 spiro atoms. The molecule has 3 fully saturated rings. The molecule has 3 rings (SSSR count). The predicted molar refractivity (Wildman–Crippen MR) is 86.0 cm³/mol. The number of piperazine rings is 1. The van der Waals surface area contributed by atoms with Gasteiger partial charge in [-0.15, -0.1) is 0 Å². The summed E-state index contributed by atoms with van der Waals surface area (Å²) in [6, 6.07) is 1.52. The van der Waals surface area contributed by atoms with E-state index < -0.39 is 0 Å². The molecule has 3 aliphatic rings. The molecular weight excluding hydrogens is 244 g/mol. The second kappa shape index (κ2) is 6.36. The van der Waals surface area contributed by atoms with Gasteiger partial charge in [0.1, 0.15) is 0 Å². The zero-order chi connectivity index (χ0) is 14.0. The normalized spacial score (nSPS) is 32.9. The standard InChI is InChI=1S/C18H34N2/c1-15(2)20-14-18(11-7-4-8-12-18)19-13-17(20)16-9-5-3-6-10-16/h15-17,19H,3-14H2,1-2H3. The summed E-state index contributed by atoms with van der Waals surface area (Å²) in [5.74, 6) is 0.958. The van der Waals surface area contributed by atoms with E-state index in [9.17, 15) is 0 Å². The molecule has 1 N–H and O–H groups in total. The lowest BCUT2D eigenvalue weighted by molar-refractivity contribution is 0.00153. The molecule has 0 aromatic carbocycles. The number of rotatable bonds is 2. The van der Waals surface area contributed by atoms with Crippen LogP contribution < -0.4 is 5.32 Å². The molecule has 116 valence electrons. The SMILES string of the molecule is CC(C)N1CC2(CCCCC2)NCC1C1CCCCC1. The first-order valence-electron chi connectivity index (χ1n) is 9.21.